The largest absolute Gasteiger partial charge is 0.396 e. The summed E-state index contributed by atoms with van der Waals surface area (Å²) in [4.78, 5) is 13.9. The molecule has 2 aromatic carbocycles. The zero-order chi connectivity index (χ0) is 26.1. The van der Waals surface area contributed by atoms with Crippen molar-refractivity contribution in [2.75, 3.05) is 6.61 Å². The van der Waals surface area contributed by atoms with Crippen molar-refractivity contribution in [2.24, 2.45) is 10.8 Å². The number of benzene rings is 2. The number of halogens is 2. The van der Waals surface area contributed by atoms with Crippen LogP contribution in [0.1, 0.15) is 76.3 Å². The van der Waals surface area contributed by atoms with Gasteiger partial charge in [-0.25, -0.2) is 0 Å². The maximum Gasteiger partial charge on any atom is 0.150 e. The SMILES string of the molecule is CC(C)(C)C[C@@H]1N[C@@H](C(=O)CCC2(CO)CCC2)[C@H](c2cccc(Cl)c2)[C@@]1(C#N)c1ccc(Cl)cc1. The molecule has 1 aliphatic heterocycles. The van der Waals surface area contributed by atoms with Crippen LogP contribution >= 0.6 is 23.2 Å². The third-order valence-electron chi connectivity index (χ3n) is 8.28. The molecular formula is C30H36Cl2N2O2. The molecule has 1 heterocycles. The van der Waals surface area contributed by atoms with Crippen molar-refractivity contribution in [3.05, 3.63) is 69.7 Å². The fraction of sp³-hybridized carbons (Fsp3) is 0.533. The number of nitrogens with zero attached hydrogens (tertiary/aromatic N) is 1. The molecule has 2 aliphatic rings. The van der Waals surface area contributed by atoms with Crippen LogP contribution in [0.3, 0.4) is 0 Å². The number of hydrogen-bond donors (Lipinski definition) is 2. The number of rotatable bonds is 8. The molecule has 6 heteroatoms. The first-order chi connectivity index (χ1) is 17.0. The zero-order valence-electron chi connectivity index (χ0n) is 21.4. The van der Waals surface area contributed by atoms with E-state index < -0.39 is 17.4 Å². The third kappa shape index (κ3) is 5.22. The van der Waals surface area contributed by atoms with Crippen LogP contribution < -0.4 is 5.32 Å². The van der Waals surface area contributed by atoms with Crippen molar-refractivity contribution in [1.82, 2.24) is 5.32 Å². The van der Waals surface area contributed by atoms with Crippen LogP contribution in [-0.2, 0) is 10.2 Å². The molecule has 36 heavy (non-hydrogen) atoms. The Morgan fingerprint density at radius 1 is 1.14 bits per heavy atom. The lowest BCUT2D eigenvalue weighted by Gasteiger charge is -2.40. The van der Waals surface area contributed by atoms with E-state index >= 15 is 0 Å². The summed E-state index contributed by atoms with van der Waals surface area (Å²) in [6.07, 6.45) is 4.79. The second-order valence-corrected chi connectivity index (χ2v) is 12.8. The standard InChI is InChI=1S/C30H36Cl2N2O2/c1-28(2,3)17-25-30(18-33,21-8-10-22(31)11-9-21)26(20-6-4-7-23(32)16-20)27(34-25)24(36)12-15-29(19-35)13-5-14-29/h4,6-11,16,25-27,34-35H,5,12-15,17,19H2,1-3H3/t25-,26-,27-,30-/m0/s1. The van der Waals surface area contributed by atoms with Crippen LogP contribution in [0.4, 0.5) is 0 Å². The van der Waals surface area contributed by atoms with E-state index in [2.05, 4.69) is 32.2 Å². The number of hydrogen-bond acceptors (Lipinski definition) is 4. The number of nitriles is 1. The van der Waals surface area contributed by atoms with Crippen LogP contribution in [0.15, 0.2) is 48.5 Å². The van der Waals surface area contributed by atoms with Gasteiger partial charge in [-0.2, -0.15) is 5.26 Å². The van der Waals surface area contributed by atoms with Gasteiger partial charge in [0, 0.05) is 35.0 Å². The summed E-state index contributed by atoms with van der Waals surface area (Å²) >= 11 is 12.7. The fourth-order valence-corrected chi connectivity index (χ4v) is 6.54. The number of carbonyl (C=O) groups excluding carboxylic acids is 1. The summed E-state index contributed by atoms with van der Waals surface area (Å²) < 4.78 is 0. The fourth-order valence-electron chi connectivity index (χ4n) is 6.22. The highest BCUT2D eigenvalue weighted by Crippen LogP contribution is 2.52. The number of nitrogens with one attached hydrogen (secondary N) is 1. The lowest BCUT2D eigenvalue weighted by molar-refractivity contribution is -0.122. The maximum atomic E-state index is 13.9. The topological polar surface area (TPSA) is 73.1 Å². The minimum atomic E-state index is -0.992. The monoisotopic (exact) mass is 526 g/mol. The predicted molar refractivity (Wildman–Crippen MR) is 145 cm³/mol. The third-order valence-corrected chi connectivity index (χ3v) is 8.77. The average Bonchev–Trinajstić information content (AvgIpc) is 3.12. The van der Waals surface area contributed by atoms with Gasteiger partial charge >= 0.3 is 0 Å². The van der Waals surface area contributed by atoms with Gasteiger partial charge in [0.2, 0.25) is 0 Å². The molecule has 2 fully saturated rings. The van der Waals surface area contributed by atoms with E-state index in [-0.39, 0.29) is 29.3 Å². The highest BCUT2D eigenvalue weighted by molar-refractivity contribution is 6.30. The van der Waals surface area contributed by atoms with Gasteiger partial charge < -0.3 is 10.4 Å². The molecule has 4 rings (SSSR count). The Morgan fingerprint density at radius 3 is 2.36 bits per heavy atom. The number of aliphatic hydroxyl groups is 1. The van der Waals surface area contributed by atoms with E-state index in [4.69, 9.17) is 23.2 Å². The van der Waals surface area contributed by atoms with E-state index in [0.29, 0.717) is 29.3 Å². The van der Waals surface area contributed by atoms with E-state index in [1.54, 1.807) is 0 Å². The van der Waals surface area contributed by atoms with Gasteiger partial charge in [-0.1, -0.05) is 74.7 Å². The Hall–Kier alpha value is -1.90. The van der Waals surface area contributed by atoms with Gasteiger partial charge in [0.25, 0.3) is 0 Å². The van der Waals surface area contributed by atoms with Crippen LogP contribution in [-0.4, -0.2) is 29.6 Å². The highest BCUT2D eigenvalue weighted by Gasteiger charge is 2.59. The van der Waals surface area contributed by atoms with E-state index in [1.807, 2.05) is 48.5 Å². The molecule has 2 N–H and O–H groups in total. The zero-order valence-corrected chi connectivity index (χ0v) is 22.9. The second-order valence-electron chi connectivity index (χ2n) is 12.0. The molecular weight excluding hydrogens is 491 g/mol. The molecule has 2 aromatic rings. The first-order valence-electron chi connectivity index (χ1n) is 12.9. The van der Waals surface area contributed by atoms with Crippen molar-refractivity contribution in [3.63, 3.8) is 0 Å². The Morgan fingerprint density at radius 2 is 1.83 bits per heavy atom. The first kappa shape index (κ1) is 27.1. The molecule has 0 bridgehead atoms. The minimum Gasteiger partial charge on any atom is -0.396 e. The molecule has 0 spiro atoms. The quantitative estimate of drug-likeness (QED) is 0.395. The molecule has 0 aromatic heterocycles. The summed E-state index contributed by atoms with van der Waals surface area (Å²) in [7, 11) is 0. The van der Waals surface area contributed by atoms with Crippen LogP contribution in [0, 0.1) is 22.2 Å². The van der Waals surface area contributed by atoms with Crippen molar-refractivity contribution in [1.29, 1.82) is 5.26 Å². The van der Waals surface area contributed by atoms with Crippen LogP contribution in [0.2, 0.25) is 10.0 Å². The molecule has 1 aliphatic carbocycles. The molecule has 4 atom stereocenters. The predicted octanol–water partition coefficient (Wildman–Crippen LogP) is 6.83. The average molecular weight is 528 g/mol. The maximum absolute atomic E-state index is 13.9. The van der Waals surface area contributed by atoms with E-state index in [1.165, 1.54) is 0 Å². The number of ketones is 1. The van der Waals surface area contributed by atoms with Crippen molar-refractivity contribution in [3.8, 4) is 6.07 Å². The number of carbonyl (C=O) groups is 1. The Balaban J connectivity index is 1.82. The molecule has 1 saturated carbocycles. The van der Waals surface area contributed by atoms with Crippen molar-refractivity contribution < 1.29 is 9.90 Å². The molecule has 0 unspecified atom stereocenters. The summed E-state index contributed by atoms with van der Waals surface area (Å²) in [6, 6.07) is 16.9. The summed E-state index contributed by atoms with van der Waals surface area (Å²) in [5.41, 5.74) is 0.529. The van der Waals surface area contributed by atoms with Gasteiger partial charge in [-0.05, 0) is 71.9 Å². The molecule has 192 valence electrons. The van der Waals surface area contributed by atoms with Gasteiger partial charge in [0.15, 0.2) is 0 Å². The van der Waals surface area contributed by atoms with E-state index in [9.17, 15) is 15.2 Å². The summed E-state index contributed by atoms with van der Waals surface area (Å²) in [6.45, 7) is 6.59. The highest BCUT2D eigenvalue weighted by atomic mass is 35.5. The van der Waals surface area contributed by atoms with E-state index in [0.717, 1.165) is 30.4 Å². The number of aliphatic hydroxyl groups excluding tert-OH is 1. The normalized spacial score (nSPS) is 27.3. The van der Waals surface area contributed by atoms with Crippen LogP contribution in [0.25, 0.3) is 0 Å². The van der Waals surface area contributed by atoms with Crippen LogP contribution in [0.5, 0.6) is 0 Å². The first-order valence-corrected chi connectivity index (χ1v) is 13.6. The molecule has 0 radical (unpaired) electrons. The van der Waals surface area contributed by atoms with Gasteiger partial charge in [0.1, 0.15) is 11.2 Å². The Labute approximate surface area is 225 Å². The Bertz CT molecular complexity index is 1130. The lowest BCUT2D eigenvalue weighted by atomic mass is 9.62. The number of Topliss-reactive ketones (excluding diaryl/α,β-unsaturated/α-hetero) is 1. The molecule has 1 saturated heterocycles. The van der Waals surface area contributed by atoms with Crippen molar-refractivity contribution >= 4 is 29.0 Å². The smallest absolute Gasteiger partial charge is 0.150 e. The Kier molecular flexibility index (Phi) is 7.89. The minimum absolute atomic E-state index is 0.0735. The van der Waals surface area contributed by atoms with Gasteiger partial charge in [-0.3, -0.25) is 4.79 Å². The molecule has 4 nitrogen and oxygen atoms in total. The van der Waals surface area contributed by atoms with Gasteiger partial charge in [-0.15, -0.1) is 0 Å². The lowest BCUT2D eigenvalue weighted by Crippen LogP contribution is -2.44. The second kappa shape index (κ2) is 10.5. The summed E-state index contributed by atoms with van der Waals surface area (Å²) in [5.74, 6) is -0.335. The van der Waals surface area contributed by atoms with Gasteiger partial charge in [0.05, 0.1) is 12.1 Å². The summed E-state index contributed by atoms with van der Waals surface area (Å²) in [5, 5.41) is 25.7. The molecule has 0 amide bonds. The van der Waals surface area contributed by atoms with Crippen molar-refractivity contribution in [2.45, 2.75) is 82.7 Å².